The molecule has 1 N–H and O–H groups in total. The first-order valence-electron chi connectivity index (χ1n) is 4.91. The van der Waals surface area contributed by atoms with Gasteiger partial charge < -0.3 is 10.2 Å². The van der Waals surface area contributed by atoms with E-state index in [1.54, 1.807) is 0 Å². The first-order chi connectivity index (χ1) is 6.82. The highest BCUT2D eigenvalue weighted by Crippen LogP contribution is 2.27. The van der Waals surface area contributed by atoms with E-state index in [1.807, 2.05) is 6.92 Å². The second kappa shape index (κ2) is 4.38. The van der Waals surface area contributed by atoms with Crippen LogP contribution in [0.1, 0.15) is 13.8 Å². The van der Waals surface area contributed by atoms with E-state index in [1.165, 1.54) is 4.90 Å². The summed E-state index contributed by atoms with van der Waals surface area (Å²) in [7, 11) is 0. The Morgan fingerprint density at radius 3 is 2.60 bits per heavy atom. The number of amides is 1. The quantitative estimate of drug-likeness (QED) is 0.720. The van der Waals surface area contributed by atoms with Crippen molar-refractivity contribution in [3.05, 3.63) is 0 Å². The Balaban J connectivity index is 2.60. The molecule has 0 radical (unpaired) electrons. The summed E-state index contributed by atoms with van der Waals surface area (Å²) in [6.07, 6.45) is -4.44. The van der Waals surface area contributed by atoms with Crippen LogP contribution < -0.4 is 5.32 Å². The molecule has 0 saturated carbocycles. The van der Waals surface area contributed by atoms with Gasteiger partial charge in [-0.3, -0.25) is 4.79 Å². The first-order valence-corrected chi connectivity index (χ1v) is 4.91. The van der Waals surface area contributed by atoms with Gasteiger partial charge in [0, 0.05) is 25.7 Å². The molecule has 1 saturated heterocycles. The predicted molar refractivity (Wildman–Crippen MR) is 49.3 cm³/mol. The topological polar surface area (TPSA) is 32.3 Å². The van der Waals surface area contributed by atoms with Gasteiger partial charge in [-0.15, -0.1) is 0 Å². The molecular weight excluding hydrogens is 209 g/mol. The number of alkyl halides is 3. The van der Waals surface area contributed by atoms with Crippen LogP contribution in [0.25, 0.3) is 0 Å². The third-order valence-corrected chi connectivity index (χ3v) is 2.54. The highest BCUT2D eigenvalue weighted by Gasteiger charge is 2.43. The number of rotatable bonds is 1. The van der Waals surface area contributed by atoms with Gasteiger partial charge in [0.25, 0.3) is 0 Å². The molecule has 0 bridgehead atoms. The van der Waals surface area contributed by atoms with Crippen molar-refractivity contribution in [3.63, 3.8) is 0 Å². The molecule has 0 aromatic carbocycles. The van der Waals surface area contributed by atoms with Gasteiger partial charge in [-0.1, -0.05) is 0 Å². The lowest BCUT2D eigenvalue weighted by Crippen LogP contribution is -2.53. The zero-order valence-corrected chi connectivity index (χ0v) is 8.77. The van der Waals surface area contributed by atoms with Crippen LogP contribution in [0, 0.1) is 5.92 Å². The summed E-state index contributed by atoms with van der Waals surface area (Å²) in [6, 6.07) is 0.0585. The number of nitrogens with zero attached hydrogens (tertiary/aromatic N) is 1. The fourth-order valence-electron chi connectivity index (χ4n) is 1.55. The van der Waals surface area contributed by atoms with Crippen molar-refractivity contribution >= 4 is 5.91 Å². The fourth-order valence-corrected chi connectivity index (χ4v) is 1.55. The molecule has 15 heavy (non-hydrogen) atoms. The van der Waals surface area contributed by atoms with Crippen LogP contribution in [0.3, 0.4) is 0 Å². The van der Waals surface area contributed by atoms with E-state index in [2.05, 4.69) is 5.32 Å². The van der Waals surface area contributed by atoms with Crippen molar-refractivity contribution < 1.29 is 18.0 Å². The van der Waals surface area contributed by atoms with Gasteiger partial charge in [0.05, 0.1) is 0 Å². The SMILES string of the molecule is CC1CN(C(=O)C(C)C(F)(F)F)CCN1. The van der Waals surface area contributed by atoms with Crippen LogP contribution in [-0.2, 0) is 4.79 Å². The molecule has 88 valence electrons. The van der Waals surface area contributed by atoms with Gasteiger partial charge in [-0.25, -0.2) is 0 Å². The molecule has 2 unspecified atom stereocenters. The summed E-state index contributed by atoms with van der Waals surface area (Å²) < 4.78 is 36.9. The smallest absolute Gasteiger partial charge is 0.339 e. The summed E-state index contributed by atoms with van der Waals surface area (Å²) in [4.78, 5) is 12.7. The average molecular weight is 224 g/mol. The van der Waals surface area contributed by atoms with Crippen LogP contribution in [0.2, 0.25) is 0 Å². The van der Waals surface area contributed by atoms with Crippen LogP contribution in [0.4, 0.5) is 13.2 Å². The van der Waals surface area contributed by atoms with E-state index in [9.17, 15) is 18.0 Å². The molecule has 2 atom stereocenters. The van der Waals surface area contributed by atoms with Crippen molar-refractivity contribution in [2.45, 2.75) is 26.1 Å². The molecule has 0 spiro atoms. The standard InChI is InChI=1S/C9H15F3N2O/c1-6-5-14(4-3-13-6)8(15)7(2)9(10,11)12/h6-7,13H,3-5H2,1-2H3. The summed E-state index contributed by atoms with van der Waals surface area (Å²) in [5, 5.41) is 3.07. The summed E-state index contributed by atoms with van der Waals surface area (Å²) >= 11 is 0. The maximum Gasteiger partial charge on any atom is 0.400 e. The Bertz CT molecular complexity index is 242. The number of carbonyl (C=O) groups is 1. The van der Waals surface area contributed by atoms with E-state index in [0.717, 1.165) is 6.92 Å². The zero-order chi connectivity index (χ0) is 11.6. The molecule has 1 aliphatic heterocycles. The van der Waals surface area contributed by atoms with Crippen molar-refractivity contribution in [1.82, 2.24) is 10.2 Å². The van der Waals surface area contributed by atoms with Crippen LogP contribution in [-0.4, -0.2) is 42.7 Å². The molecule has 1 rings (SSSR count). The molecule has 1 heterocycles. The van der Waals surface area contributed by atoms with Crippen molar-refractivity contribution in [2.24, 2.45) is 5.92 Å². The fraction of sp³-hybridized carbons (Fsp3) is 0.889. The maximum absolute atomic E-state index is 12.3. The van der Waals surface area contributed by atoms with E-state index in [4.69, 9.17) is 0 Å². The number of hydrogen-bond donors (Lipinski definition) is 1. The largest absolute Gasteiger partial charge is 0.400 e. The van der Waals surface area contributed by atoms with Gasteiger partial charge in [0.15, 0.2) is 0 Å². The molecule has 6 heteroatoms. The second-order valence-corrected chi connectivity index (χ2v) is 3.90. The van der Waals surface area contributed by atoms with E-state index < -0.39 is 18.0 Å². The molecule has 0 aromatic rings. The Hall–Kier alpha value is -0.780. The lowest BCUT2D eigenvalue weighted by molar-refractivity contribution is -0.186. The van der Waals surface area contributed by atoms with Gasteiger partial charge >= 0.3 is 6.18 Å². The predicted octanol–water partition coefficient (Wildman–Crippen LogP) is 1.01. The molecule has 1 aliphatic rings. The summed E-state index contributed by atoms with van der Waals surface area (Å²) in [5.74, 6) is -2.72. The second-order valence-electron chi connectivity index (χ2n) is 3.90. The lowest BCUT2D eigenvalue weighted by Gasteiger charge is -2.33. The molecule has 0 aromatic heterocycles. The monoisotopic (exact) mass is 224 g/mol. The molecule has 3 nitrogen and oxygen atoms in total. The Labute approximate surface area is 86.6 Å². The van der Waals surface area contributed by atoms with Crippen LogP contribution >= 0.6 is 0 Å². The van der Waals surface area contributed by atoms with Gasteiger partial charge in [0.2, 0.25) is 5.91 Å². The molecule has 1 fully saturated rings. The summed E-state index contributed by atoms with van der Waals surface area (Å²) in [5.41, 5.74) is 0. The lowest BCUT2D eigenvalue weighted by atomic mass is 10.1. The zero-order valence-electron chi connectivity index (χ0n) is 8.77. The molecule has 0 aliphatic carbocycles. The van der Waals surface area contributed by atoms with Crippen molar-refractivity contribution in [3.8, 4) is 0 Å². The first kappa shape index (κ1) is 12.3. The van der Waals surface area contributed by atoms with Gasteiger partial charge in [-0.05, 0) is 13.8 Å². The third-order valence-electron chi connectivity index (χ3n) is 2.54. The van der Waals surface area contributed by atoms with E-state index in [-0.39, 0.29) is 6.04 Å². The Morgan fingerprint density at radius 2 is 2.13 bits per heavy atom. The average Bonchev–Trinajstić information content (AvgIpc) is 2.14. The Morgan fingerprint density at radius 1 is 1.53 bits per heavy atom. The van der Waals surface area contributed by atoms with Gasteiger partial charge in [0.1, 0.15) is 5.92 Å². The minimum Gasteiger partial charge on any atom is -0.339 e. The van der Waals surface area contributed by atoms with Crippen molar-refractivity contribution in [2.75, 3.05) is 19.6 Å². The highest BCUT2D eigenvalue weighted by molar-refractivity contribution is 5.79. The van der Waals surface area contributed by atoms with Crippen LogP contribution in [0.5, 0.6) is 0 Å². The number of nitrogens with one attached hydrogen (secondary N) is 1. The van der Waals surface area contributed by atoms with Crippen LogP contribution in [0.15, 0.2) is 0 Å². The normalized spacial score (nSPS) is 25.1. The Kier molecular flexibility index (Phi) is 3.59. The van der Waals surface area contributed by atoms with E-state index >= 15 is 0 Å². The maximum atomic E-state index is 12.3. The minimum atomic E-state index is -4.44. The number of hydrogen-bond acceptors (Lipinski definition) is 2. The summed E-state index contributed by atoms with van der Waals surface area (Å²) in [6.45, 7) is 4.01. The van der Waals surface area contributed by atoms with E-state index in [0.29, 0.717) is 19.6 Å². The number of halogens is 3. The third kappa shape index (κ3) is 3.09. The molecular formula is C9H15F3N2O. The van der Waals surface area contributed by atoms with Gasteiger partial charge in [-0.2, -0.15) is 13.2 Å². The number of piperazine rings is 1. The highest BCUT2D eigenvalue weighted by atomic mass is 19.4. The number of carbonyl (C=O) groups excluding carboxylic acids is 1. The van der Waals surface area contributed by atoms with Crippen molar-refractivity contribution in [1.29, 1.82) is 0 Å². The molecule has 1 amide bonds. The minimum absolute atomic E-state index is 0.0585.